The van der Waals surface area contributed by atoms with Crippen molar-refractivity contribution in [3.05, 3.63) is 34.9 Å². The number of nitrogens with zero attached hydrogens (tertiary/aromatic N) is 1. The van der Waals surface area contributed by atoms with Crippen molar-refractivity contribution < 1.29 is 23.4 Å². The zero-order chi connectivity index (χ0) is 14.9. The van der Waals surface area contributed by atoms with E-state index >= 15 is 0 Å². The Bertz CT molecular complexity index is 521. The molecule has 1 N–H and O–H groups in total. The molecule has 0 unspecified atom stereocenters. The first-order chi connectivity index (χ1) is 9.43. The third kappa shape index (κ3) is 2.81. The van der Waals surface area contributed by atoms with Crippen molar-refractivity contribution in [2.24, 2.45) is 0 Å². The topological polar surface area (TPSA) is 49.8 Å². The molecule has 6 heteroatoms. The average molecular weight is 285 g/mol. The van der Waals surface area contributed by atoms with Crippen molar-refractivity contribution >= 4 is 5.91 Å². The van der Waals surface area contributed by atoms with Gasteiger partial charge in [0.25, 0.3) is 5.91 Å². The Morgan fingerprint density at radius 1 is 1.45 bits per heavy atom. The van der Waals surface area contributed by atoms with Gasteiger partial charge in [0, 0.05) is 12.6 Å². The first-order valence-electron chi connectivity index (χ1n) is 6.43. The lowest BCUT2D eigenvalue weighted by atomic mass is 10.1. The number of rotatable bonds is 2. The average Bonchev–Trinajstić information content (AvgIpc) is 2.42. The van der Waals surface area contributed by atoms with Crippen LogP contribution in [0.25, 0.3) is 0 Å². The Kier molecular flexibility index (Phi) is 4.35. The zero-order valence-electron chi connectivity index (χ0n) is 11.4. The second-order valence-corrected chi connectivity index (χ2v) is 5.03. The fourth-order valence-corrected chi connectivity index (χ4v) is 2.19. The lowest BCUT2D eigenvalue weighted by molar-refractivity contribution is -0.0668. The normalized spacial score (nSPS) is 22.9. The van der Waals surface area contributed by atoms with Gasteiger partial charge in [-0.2, -0.15) is 0 Å². The predicted molar refractivity (Wildman–Crippen MR) is 68.4 cm³/mol. The number of aliphatic hydroxyl groups excluding tert-OH is 1. The fourth-order valence-electron chi connectivity index (χ4n) is 2.19. The number of benzene rings is 1. The van der Waals surface area contributed by atoms with Gasteiger partial charge < -0.3 is 14.7 Å². The molecule has 1 amide bonds. The summed E-state index contributed by atoms with van der Waals surface area (Å²) < 4.78 is 32.3. The van der Waals surface area contributed by atoms with Gasteiger partial charge in [-0.15, -0.1) is 0 Å². The van der Waals surface area contributed by atoms with Crippen LogP contribution in [0.4, 0.5) is 8.78 Å². The zero-order valence-corrected chi connectivity index (χ0v) is 11.4. The summed E-state index contributed by atoms with van der Waals surface area (Å²) in [5.41, 5.74) is 0.0590. The minimum Gasteiger partial charge on any atom is -0.394 e. The molecular weight excluding hydrogens is 268 g/mol. The smallest absolute Gasteiger partial charge is 0.257 e. The third-order valence-corrected chi connectivity index (χ3v) is 3.45. The standard InChI is InChI=1S/C14H17F2NO3/c1-8-3-11(13(16)4-12(8)15)14(19)17-5-10(6-18)20-7-9(17)2/h3-4,9-10,18H,5-7H2,1-2H3/t9-,10+/m1/s1. The summed E-state index contributed by atoms with van der Waals surface area (Å²) in [6.07, 6.45) is -0.472. The molecule has 4 nitrogen and oxygen atoms in total. The van der Waals surface area contributed by atoms with Crippen LogP contribution in [-0.2, 0) is 4.74 Å². The molecule has 0 aliphatic carbocycles. The molecular formula is C14H17F2NO3. The van der Waals surface area contributed by atoms with E-state index in [9.17, 15) is 13.6 Å². The van der Waals surface area contributed by atoms with Crippen LogP contribution < -0.4 is 0 Å². The highest BCUT2D eigenvalue weighted by Crippen LogP contribution is 2.20. The van der Waals surface area contributed by atoms with Gasteiger partial charge in [-0.05, 0) is 25.5 Å². The van der Waals surface area contributed by atoms with Crippen LogP contribution in [0.3, 0.4) is 0 Å². The molecule has 2 rings (SSSR count). The van der Waals surface area contributed by atoms with Gasteiger partial charge in [0.1, 0.15) is 11.6 Å². The van der Waals surface area contributed by atoms with Crippen LogP contribution >= 0.6 is 0 Å². The predicted octanol–water partition coefficient (Wildman–Crippen LogP) is 1.50. The number of carbonyl (C=O) groups excluding carboxylic acids is 1. The minimum atomic E-state index is -0.877. The molecule has 1 saturated heterocycles. The van der Waals surface area contributed by atoms with Gasteiger partial charge in [-0.1, -0.05) is 0 Å². The van der Waals surface area contributed by atoms with E-state index in [4.69, 9.17) is 9.84 Å². The summed E-state index contributed by atoms with van der Waals surface area (Å²) >= 11 is 0. The lowest BCUT2D eigenvalue weighted by Crippen LogP contribution is -2.52. The maximum Gasteiger partial charge on any atom is 0.257 e. The first-order valence-corrected chi connectivity index (χ1v) is 6.43. The molecule has 0 aromatic heterocycles. The second-order valence-electron chi connectivity index (χ2n) is 5.03. The van der Waals surface area contributed by atoms with Crippen LogP contribution in [0.5, 0.6) is 0 Å². The van der Waals surface area contributed by atoms with Crippen LogP contribution in [0.15, 0.2) is 12.1 Å². The Morgan fingerprint density at radius 3 is 2.80 bits per heavy atom. The maximum atomic E-state index is 13.8. The van der Waals surface area contributed by atoms with E-state index in [1.807, 2.05) is 0 Å². The van der Waals surface area contributed by atoms with Crippen molar-refractivity contribution in [3.8, 4) is 0 Å². The monoisotopic (exact) mass is 285 g/mol. The maximum absolute atomic E-state index is 13.8. The van der Waals surface area contributed by atoms with E-state index in [1.165, 1.54) is 17.9 Å². The molecule has 1 aliphatic rings. The molecule has 0 saturated carbocycles. The Labute approximate surface area is 116 Å². The largest absolute Gasteiger partial charge is 0.394 e. The van der Waals surface area contributed by atoms with Crippen LogP contribution in [-0.4, -0.2) is 47.8 Å². The van der Waals surface area contributed by atoms with Gasteiger partial charge in [0.2, 0.25) is 0 Å². The van der Waals surface area contributed by atoms with Gasteiger partial charge in [-0.25, -0.2) is 8.78 Å². The molecule has 0 bridgehead atoms. The fraction of sp³-hybridized carbons (Fsp3) is 0.500. The molecule has 1 aromatic carbocycles. The van der Waals surface area contributed by atoms with E-state index in [1.54, 1.807) is 6.92 Å². The summed E-state index contributed by atoms with van der Waals surface area (Å²) in [7, 11) is 0. The number of halogens is 2. The number of hydrogen-bond acceptors (Lipinski definition) is 3. The van der Waals surface area contributed by atoms with Gasteiger partial charge in [0.15, 0.2) is 0 Å². The summed E-state index contributed by atoms with van der Waals surface area (Å²) in [6.45, 7) is 3.51. The van der Waals surface area contributed by atoms with E-state index in [2.05, 4.69) is 0 Å². The Morgan fingerprint density at radius 2 is 2.15 bits per heavy atom. The number of aryl methyl sites for hydroxylation is 1. The molecule has 0 radical (unpaired) electrons. The Balaban J connectivity index is 2.28. The van der Waals surface area contributed by atoms with Crippen LogP contribution in [0.2, 0.25) is 0 Å². The number of aliphatic hydroxyl groups is 1. The van der Waals surface area contributed by atoms with Crippen LogP contribution in [0, 0.1) is 18.6 Å². The first kappa shape index (κ1) is 14.9. The highest BCUT2D eigenvalue weighted by molar-refractivity contribution is 5.95. The van der Waals surface area contributed by atoms with Crippen molar-refractivity contribution in [2.75, 3.05) is 19.8 Å². The number of ether oxygens (including phenoxy) is 1. The summed E-state index contributed by atoms with van der Waals surface area (Å²) in [6, 6.07) is 1.70. The van der Waals surface area contributed by atoms with E-state index < -0.39 is 23.6 Å². The Hall–Kier alpha value is -1.53. The van der Waals surface area contributed by atoms with E-state index in [0.29, 0.717) is 0 Å². The highest BCUT2D eigenvalue weighted by Gasteiger charge is 2.31. The summed E-state index contributed by atoms with van der Waals surface area (Å²) in [4.78, 5) is 13.8. The molecule has 1 aromatic rings. The molecule has 1 aliphatic heterocycles. The summed E-state index contributed by atoms with van der Waals surface area (Å²) in [5.74, 6) is -2.07. The summed E-state index contributed by atoms with van der Waals surface area (Å²) in [5, 5.41) is 9.10. The van der Waals surface area contributed by atoms with E-state index in [-0.39, 0.29) is 36.9 Å². The van der Waals surface area contributed by atoms with Gasteiger partial charge in [0.05, 0.1) is 30.9 Å². The van der Waals surface area contributed by atoms with Gasteiger partial charge in [-0.3, -0.25) is 4.79 Å². The van der Waals surface area contributed by atoms with E-state index in [0.717, 1.165) is 6.07 Å². The second kappa shape index (κ2) is 5.85. The molecule has 0 spiro atoms. The number of amides is 1. The third-order valence-electron chi connectivity index (χ3n) is 3.45. The molecule has 20 heavy (non-hydrogen) atoms. The number of hydrogen-bond donors (Lipinski definition) is 1. The molecule has 1 heterocycles. The van der Waals surface area contributed by atoms with Crippen LogP contribution in [0.1, 0.15) is 22.8 Å². The SMILES string of the molecule is Cc1cc(C(=O)N2C[C@@H](CO)OC[C@H]2C)c(F)cc1F. The lowest BCUT2D eigenvalue weighted by Gasteiger charge is -2.37. The van der Waals surface area contributed by atoms with Gasteiger partial charge >= 0.3 is 0 Å². The number of morpholine rings is 1. The van der Waals surface area contributed by atoms with Crippen molar-refractivity contribution in [3.63, 3.8) is 0 Å². The van der Waals surface area contributed by atoms with Crippen molar-refractivity contribution in [1.29, 1.82) is 0 Å². The molecule has 110 valence electrons. The number of carbonyl (C=O) groups is 1. The molecule has 2 atom stereocenters. The quantitative estimate of drug-likeness (QED) is 0.896. The molecule has 1 fully saturated rings. The minimum absolute atomic E-state index is 0.158. The highest BCUT2D eigenvalue weighted by atomic mass is 19.1. The van der Waals surface area contributed by atoms with Crippen molar-refractivity contribution in [1.82, 2.24) is 4.90 Å². The van der Waals surface area contributed by atoms with Crippen molar-refractivity contribution in [2.45, 2.75) is 26.0 Å².